The van der Waals surface area contributed by atoms with Crippen LogP contribution in [0.1, 0.15) is 21.5 Å². The summed E-state index contributed by atoms with van der Waals surface area (Å²) >= 11 is 0. The lowest BCUT2D eigenvalue weighted by molar-refractivity contribution is 0.103. The van der Waals surface area contributed by atoms with E-state index in [2.05, 4.69) is 5.32 Å². The van der Waals surface area contributed by atoms with Crippen LogP contribution in [0.2, 0.25) is 0 Å². The molecule has 4 heteroatoms. The van der Waals surface area contributed by atoms with Crippen LogP contribution in [0.5, 0.6) is 0 Å². The molecule has 0 aliphatic carbocycles. The van der Waals surface area contributed by atoms with E-state index >= 15 is 0 Å². The second-order valence-electron chi connectivity index (χ2n) is 4.17. The van der Waals surface area contributed by atoms with Crippen LogP contribution in [0, 0.1) is 6.92 Å². The van der Waals surface area contributed by atoms with Gasteiger partial charge in [-0.25, -0.2) is 4.79 Å². The van der Waals surface area contributed by atoms with Crippen molar-refractivity contribution in [3.8, 4) is 0 Å². The van der Waals surface area contributed by atoms with Gasteiger partial charge in [0.1, 0.15) is 0 Å². The highest BCUT2D eigenvalue weighted by Gasteiger charge is 2.14. The third kappa shape index (κ3) is 2.98. The van der Waals surface area contributed by atoms with Gasteiger partial charge in [-0.3, -0.25) is 10.1 Å². The van der Waals surface area contributed by atoms with Crippen molar-refractivity contribution < 1.29 is 14.7 Å². The molecular formula is C15H13NO3. The van der Waals surface area contributed by atoms with Crippen LogP contribution in [-0.2, 0) is 0 Å². The molecule has 2 N–H and O–H groups in total. The Labute approximate surface area is 110 Å². The summed E-state index contributed by atoms with van der Waals surface area (Å²) in [6.45, 7) is 1.94. The van der Waals surface area contributed by atoms with E-state index in [4.69, 9.17) is 5.11 Å². The molecule has 2 aromatic rings. The third-order valence-corrected chi connectivity index (χ3v) is 2.73. The molecule has 0 aromatic heterocycles. The summed E-state index contributed by atoms with van der Waals surface area (Å²) in [5.74, 6) is -0.204. The maximum absolute atomic E-state index is 12.3. The molecule has 2 aromatic carbocycles. The fraction of sp³-hybridized carbons (Fsp3) is 0.0667. The van der Waals surface area contributed by atoms with Gasteiger partial charge >= 0.3 is 6.09 Å². The zero-order valence-corrected chi connectivity index (χ0v) is 10.4. The molecule has 2 rings (SSSR count). The van der Waals surface area contributed by atoms with Gasteiger partial charge in [0.2, 0.25) is 0 Å². The number of ketones is 1. The number of hydrogen-bond donors (Lipinski definition) is 2. The molecule has 0 spiro atoms. The molecule has 0 aliphatic heterocycles. The van der Waals surface area contributed by atoms with Crippen LogP contribution < -0.4 is 5.32 Å². The van der Waals surface area contributed by atoms with Crippen molar-refractivity contribution in [3.05, 3.63) is 65.2 Å². The predicted molar refractivity (Wildman–Crippen MR) is 72.7 cm³/mol. The molecule has 0 heterocycles. The van der Waals surface area contributed by atoms with Gasteiger partial charge in [0, 0.05) is 11.1 Å². The second kappa shape index (κ2) is 5.35. The minimum Gasteiger partial charge on any atom is -0.465 e. The van der Waals surface area contributed by atoms with Crippen molar-refractivity contribution in [2.24, 2.45) is 0 Å². The van der Waals surface area contributed by atoms with Gasteiger partial charge < -0.3 is 5.11 Å². The maximum Gasteiger partial charge on any atom is 0.409 e. The lowest BCUT2D eigenvalue weighted by Crippen LogP contribution is -2.12. The number of rotatable bonds is 3. The molecule has 0 fully saturated rings. The molecule has 0 saturated carbocycles. The van der Waals surface area contributed by atoms with E-state index in [1.165, 1.54) is 0 Å². The van der Waals surface area contributed by atoms with Gasteiger partial charge in [0.15, 0.2) is 5.78 Å². The first-order chi connectivity index (χ1) is 9.08. The number of carboxylic acid groups (broad SMARTS) is 1. The monoisotopic (exact) mass is 255 g/mol. The number of benzene rings is 2. The van der Waals surface area contributed by atoms with Crippen LogP contribution >= 0.6 is 0 Å². The molecule has 4 nitrogen and oxygen atoms in total. The average Bonchev–Trinajstić information content (AvgIpc) is 2.39. The summed E-state index contributed by atoms with van der Waals surface area (Å²) in [6, 6.07) is 13.7. The minimum atomic E-state index is -1.19. The van der Waals surface area contributed by atoms with Crippen LogP contribution in [0.25, 0.3) is 0 Å². The first kappa shape index (κ1) is 12.8. The lowest BCUT2D eigenvalue weighted by atomic mass is 10.0. The first-order valence-corrected chi connectivity index (χ1v) is 5.78. The van der Waals surface area contributed by atoms with Gasteiger partial charge in [-0.15, -0.1) is 0 Å². The maximum atomic E-state index is 12.3. The smallest absolute Gasteiger partial charge is 0.409 e. The SMILES string of the molecule is Cc1ccc(C(=O)c2ccccc2NC(=O)O)cc1. The Morgan fingerprint density at radius 1 is 1.00 bits per heavy atom. The molecular weight excluding hydrogens is 242 g/mol. The molecule has 1 amide bonds. The molecule has 0 radical (unpaired) electrons. The van der Waals surface area contributed by atoms with Crippen molar-refractivity contribution in [2.45, 2.75) is 6.92 Å². The molecule has 0 atom stereocenters. The van der Waals surface area contributed by atoms with Crippen molar-refractivity contribution in [1.82, 2.24) is 0 Å². The summed E-state index contributed by atoms with van der Waals surface area (Å²) in [4.78, 5) is 23.0. The number of aryl methyl sites for hydroxylation is 1. The number of anilines is 1. The van der Waals surface area contributed by atoms with Crippen molar-refractivity contribution in [2.75, 3.05) is 5.32 Å². The molecule has 0 aliphatic rings. The van der Waals surface area contributed by atoms with E-state index < -0.39 is 6.09 Å². The number of hydrogen-bond acceptors (Lipinski definition) is 2. The normalized spacial score (nSPS) is 9.95. The fourth-order valence-electron chi connectivity index (χ4n) is 1.77. The fourth-order valence-corrected chi connectivity index (χ4v) is 1.77. The first-order valence-electron chi connectivity index (χ1n) is 5.78. The largest absolute Gasteiger partial charge is 0.465 e. The van der Waals surface area contributed by atoms with Gasteiger partial charge in [0.05, 0.1) is 5.69 Å². The topological polar surface area (TPSA) is 66.4 Å². The van der Waals surface area contributed by atoms with E-state index in [0.29, 0.717) is 16.8 Å². The second-order valence-corrected chi connectivity index (χ2v) is 4.17. The van der Waals surface area contributed by atoms with Crippen LogP contribution in [0.3, 0.4) is 0 Å². The highest BCUT2D eigenvalue weighted by atomic mass is 16.4. The van der Waals surface area contributed by atoms with Crippen molar-refractivity contribution in [3.63, 3.8) is 0 Å². The number of amides is 1. The third-order valence-electron chi connectivity index (χ3n) is 2.73. The molecule has 96 valence electrons. The molecule has 0 saturated heterocycles. The summed E-state index contributed by atoms with van der Waals surface area (Å²) in [5, 5.41) is 11.0. The van der Waals surface area contributed by atoms with E-state index in [1.807, 2.05) is 19.1 Å². The highest BCUT2D eigenvalue weighted by molar-refractivity contribution is 6.13. The lowest BCUT2D eigenvalue weighted by Gasteiger charge is -2.08. The quantitative estimate of drug-likeness (QED) is 0.827. The number of para-hydroxylation sites is 1. The Morgan fingerprint density at radius 3 is 2.26 bits per heavy atom. The number of carbonyl (C=O) groups excluding carboxylic acids is 1. The Morgan fingerprint density at radius 2 is 1.63 bits per heavy atom. The molecule has 19 heavy (non-hydrogen) atoms. The van der Waals surface area contributed by atoms with Crippen molar-refractivity contribution >= 4 is 17.6 Å². The summed E-state index contributed by atoms with van der Waals surface area (Å²) in [7, 11) is 0. The zero-order chi connectivity index (χ0) is 13.8. The van der Waals surface area contributed by atoms with E-state index in [-0.39, 0.29) is 5.78 Å². The van der Waals surface area contributed by atoms with Gasteiger partial charge in [-0.1, -0.05) is 42.0 Å². The Kier molecular flexibility index (Phi) is 3.61. The van der Waals surface area contributed by atoms with Crippen molar-refractivity contribution in [1.29, 1.82) is 0 Å². The van der Waals surface area contributed by atoms with Gasteiger partial charge in [0.25, 0.3) is 0 Å². The zero-order valence-electron chi connectivity index (χ0n) is 10.4. The highest BCUT2D eigenvalue weighted by Crippen LogP contribution is 2.19. The standard InChI is InChI=1S/C15H13NO3/c1-10-6-8-11(9-7-10)14(17)12-4-2-3-5-13(12)16-15(18)19/h2-9,16H,1H3,(H,18,19). The van der Waals surface area contributed by atoms with Crippen LogP contribution in [0.4, 0.5) is 10.5 Å². The Hall–Kier alpha value is -2.62. The number of nitrogens with one attached hydrogen (secondary N) is 1. The Balaban J connectivity index is 2.38. The molecule has 0 bridgehead atoms. The van der Waals surface area contributed by atoms with Crippen LogP contribution in [0.15, 0.2) is 48.5 Å². The van der Waals surface area contributed by atoms with E-state index in [1.54, 1.807) is 36.4 Å². The van der Waals surface area contributed by atoms with Gasteiger partial charge in [-0.2, -0.15) is 0 Å². The minimum absolute atomic E-state index is 0.204. The van der Waals surface area contributed by atoms with E-state index in [9.17, 15) is 9.59 Å². The average molecular weight is 255 g/mol. The predicted octanol–water partition coefficient (Wildman–Crippen LogP) is 3.32. The summed E-state index contributed by atoms with van der Waals surface area (Å²) < 4.78 is 0. The summed E-state index contributed by atoms with van der Waals surface area (Å²) in [5.41, 5.74) is 2.23. The van der Waals surface area contributed by atoms with Crippen LogP contribution in [-0.4, -0.2) is 17.0 Å². The summed E-state index contributed by atoms with van der Waals surface area (Å²) in [6.07, 6.45) is -1.19. The van der Waals surface area contributed by atoms with Gasteiger partial charge in [-0.05, 0) is 19.1 Å². The number of carbonyl (C=O) groups is 2. The van der Waals surface area contributed by atoms with E-state index in [0.717, 1.165) is 5.56 Å². The molecule has 0 unspecified atom stereocenters. The Bertz CT molecular complexity index is 618.